The Morgan fingerprint density at radius 2 is 2.29 bits per heavy atom. The largest absolute Gasteiger partial charge is 0.383 e. The van der Waals surface area contributed by atoms with Crippen LogP contribution in [-0.4, -0.2) is 13.7 Å². The zero-order chi connectivity index (χ0) is 10.6. The number of halogens is 1. The number of hydrazine groups is 1. The van der Waals surface area contributed by atoms with Crippen LogP contribution in [-0.2, 0) is 4.74 Å². The highest BCUT2D eigenvalue weighted by Gasteiger charge is 2.09. The number of methoxy groups -OCH3 is 1. The molecular formula is C10H15ClN2O. The smallest absolute Gasteiger partial charge is 0.0694 e. The molecule has 3 N–H and O–H groups in total. The van der Waals surface area contributed by atoms with Crippen molar-refractivity contribution >= 4 is 11.6 Å². The van der Waals surface area contributed by atoms with E-state index in [1.54, 1.807) is 7.11 Å². The second-order valence-corrected chi connectivity index (χ2v) is 3.59. The highest BCUT2D eigenvalue weighted by Crippen LogP contribution is 2.21. The van der Waals surface area contributed by atoms with Gasteiger partial charge in [0.1, 0.15) is 0 Å². The first-order valence-corrected chi connectivity index (χ1v) is 4.78. The van der Waals surface area contributed by atoms with E-state index in [0.29, 0.717) is 6.61 Å². The molecule has 0 bridgehead atoms. The third-order valence-electron chi connectivity index (χ3n) is 2.13. The van der Waals surface area contributed by atoms with Crippen molar-refractivity contribution in [2.45, 2.75) is 13.0 Å². The minimum Gasteiger partial charge on any atom is -0.383 e. The molecule has 3 nitrogen and oxygen atoms in total. The van der Waals surface area contributed by atoms with Crippen LogP contribution in [0.4, 0.5) is 0 Å². The van der Waals surface area contributed by atoms with Crippen molar-refractivity contribution in [1.82, 2.24) is 5.43 Å². The van der Waals surface area contributed by atoms with Crippen LogP contribution in [0.1, 0.15) is 17.2 Å². The van der Waals surface area contributed by atoms with E-state index in [9.17, 15) is 0 Å². The molecule has 78 valence electrons. The predicted molar refractivity (Wildman–Crippen MR) is 58.1 cm³/mol. The Kier molecular flexibility index (Phi) is 4.35. The molecule has 0 heterocycles. The molecule has 0 aromatic heterocycles. The van der Waals surface area contributed by atoms with Gasteiger partial charge < -0.3 is 4.74 Å². The maximum atomic E-state index is 6.01. The van der Waals surface area contributed by atoms with Crippen LogP contribution < -0.4 is 11.3 Å². The molecule has 0 saturated heterocycles. The quantitative estimate of drug-likeness (QED) is 0.594. The van der Waals surface area contributed by atoms with E-state index in [1.165, 1.54) is 0 Å². The number of nitrogens with one attached hydrogen (secondary N) is 1. The van der Waals surface area contributed by atoms with E-state index in [-0.39, 0.29) is 6.04 Å². The molecule has 0 saturated carbocycles. The summed E-state index contributed by atoms with van der Waals surface area (Å²) >= 11 is 6.01. The van der Waals surface area contributed by atoms with E-state index in [1.807, 2.05) is 25.1 Å². The van der Waals surface area contributed by atoms with Gasteiger partial charge in [0.15, 0.2) is 0 Å². The molecule has 1 unspecified atom stereocenters. The van der Waals surface area contributed by atoms with Crippen molar-refractivity contribution in [3.63, 3.8) is 0 Å². The van der Waals surface area contributed by atoms with Gasteiger partial charge in [0.05, 0.1) is 12.6 Å². The van der Waals surface area contributed by atoms with Crippen molar-refractivity contribution in [3.8, 4) is 0 Å². The summed E-state index contributed by atoms with van der Waals surface area (Å²) in [4.78, 5) is 0. The number of benzene rings is 1. The van der Waals surface area contributed by atoms with Crippen LogP contribution in [0.5, 0.6) is 0 Å². The summed E-state index contributed by atoms with van der Waals surface area (Å²) in [7, 11) is 1.64. The molecule has 0 fully saturated rings. The molecule has 0 spiro atoms. The van der Waals surface area contributed by atoms with Gasteiger partial charge in [-0.05, 0) is 24.1 Å². The third-order valence-corrected chi connectivity index (χ3v) is 2.54. The molecule has 1 aromatic rings. The molecule has 14 heavy (non-hydrogen) atoms. The average Bonchev–Trinajstić information content (AvgIpc) is 2.19. The summed E-state index contributed by atoms with van der Waals surface area (Å²) in [5.41, 5.74) is 4.77. The van der Waals surface area contributed by atoms with Crippen LogP contribution >= 0.6 is 11.6 Å². The summed E-state index contributed by atoms with van der Waals surface area (Å²) < 4.78 is 5.03. The Balaban J connectivity index is 2.88. The Morgan fingerprint density at radius 3 is 2.79 bits per heavy atom. The van der Waals surface area contributed by atoms with Crippen molar-refractivity contribution in [3.05, 3.63) is 34.3 Å². The van der Waals surface area contributed by atoms with Gasteiger partial charge in [-0.25, -0.2) is 0 Å². The van der Waals surface area contributed by atoms with E-state index < -0.39 is 0 Å². The molecule has 0 radical (unpaired) electrons. The average molecular weight is 215 g/mol. The molecule has 0 aliphatic carbocycles. The van der Waals surface area contributed by atoms with Crippen molar-refractivity contribution < 1.29 is 4.74 Å². The lowest BCUT2D eigenvalue weighted by Crippen LogP contribution is -2.31. The fourth-order valence-corrected chi connectivity index (χ4v) is 1.42. The van der Waals surface area contributed by atoms with E-state index in [0.717, 1.165) is 16.1 Å². The molecule has 1 atom stereocenters. The van der Waals surface area contributed by atoms with Crippen LogP contribution in [0.2, 0.25) is 5.02 Å². The fraction of sp³-hybridized carbons (Fsp3) is 0.400. The lowest BCUT2D eigenvalue weighted by Gasteiger charge is -2.15. The zero-order valence-corrected chi connectivity index (χ0v) is 9.14. The van der Waals surface area contributed by atoms with Gasteiger partial charge in [0.2, 0.25) is 0 Å². The van der Waals surface area contributed by atoms with E-state index in [4.69, 9.17) is 22.2 Å². The van der Waals surface area contributed by atoms with Gasteiger partial charge in [-0.15, -0.1) is 0 Å². The van der Waals surface area contributed by atoms with E-state index in [2.05, 4.69) is 5.43 Å². The second kappa shape index (κ2) is 5.32. The maximum Gasteiger partial charge on any atom is 0.0694 e. The van der Waals surface area contributed by atoms with Gasteiger partial charge in [0.25, 0.3) is 0 Å². The molecule has 0 aliphatic heterocycles. The molecule has 0 aliphatic rings. The lowest BCUT2D eigenvalue weighted by atomic mass is 10.1. The SMILES string of the molecule is COCC(NN)c1ccc(C)c(Cl)c1. The minimum atomic E-state index is -0.0156. The Hall–Kier alpha value is -0.610. The first kappa shape index (κ1) is 11.5. The number of rotatable bonds is 4. The number of aryl methyl sites for hydroxylation is 1. The molecule has 4 heteroatoms. The summed E-state index contributed by atoms with van der Waals surface area (Å²) in [5, 5.41) is 0.749. The van der Waals surface area contributed by atoms with Gasteiger partial charge >= 0.3 is 0 Å². The summed E-state index contributed by atoms with van der Waals surface area (Å²) in [6.45, 7) is 2.49. The summed E-state index contributed by atoms with van der Waals surface area (Å²) in [6, 6.07) is 5.85. The van der Waals surface area contributed by atoms with Crippen LogP contribution in [0, 0.1) is 6.92 Å². The molecule has 0 amide bonds. The summed E-state index contributed by atoms with van der Waals surface area (Å²) in [5.74, 6) is 5.41. The van der Waals surface area contributed by atoms with Gasteiger partial charge in [-0.3, -0.25) is 11.3 Å². The normalized spacial score (nSPS) is 12.9. The number of hydrogen-bond acceptors (Lipinski definition) is 3. The molecular weight excluding hydrogens is 200 g/mol. The van der Waals surface area contributed by atoms with Gasteiger partial charge in [0, 0.05) is 12.1 Å². The lowest BCUT2D eigenvalue weighted by molar-refractivity contribution is 0.167. The highest BCUT2D eigenvalue weighted by molar-refractivity contribution is 6.31. The Bertz CT molecular complexity index is 304. The standard InChI is InChI=1S/C10H15ClN2O/c1-7-3-4-8(5-9(7)11)10(13-12)6-14-2/h3-5,10,13H,6,12H2,1-2H3. The Labute approximate surface area is 89.2 Å². The first-order valence-electron chi connectivity index (χ1n) is 4.40. The monoisotopic (exact) mass is 214 g/mol. The van der Waals surface area contributed by atoms with E-state index >= 15 is 0 Å². The van der Waals surface area contributed by atoms with Crippen LogP contribution in [0.15, 0.2) is 18.2 Å². The van der Waals surface area contributed by atoms with Crippen LogP contribution in [0.3, 0.4) is 0 Å². The zero-order valence-electron chi connectivity index (χ0n) is 8.38. The highest BCUT2D eigenvalue weighted by atomic mass is 35.5. The number of hydrogen-bond donors (Lipinski definition) is 2. The van der Waals surface area contributed by atoms with Crippen molar-refractivity contribution in [2.75, 3.05) is 13.7 Å². The number of nitrogens with two attached hydrogens (primary N) is 1. The van der Waals surface area contributed by atoms with Crippen molar-refractivity contribution in [2.24, 2.45) is 5.84 Å². The Morgan fingerprint density at radius 1 is 1.57 bits per heavy atom. The third kappa shape index (κ3) is 2.69. The molecule has 1 aromatic carbocycles. The van der Waals surface area contributed by atoms with Crippen molar-refractivity contribution in [1.29, 1.82) is 0 Å². The first-order chi connectivity index (χ1) is 6.69. The summed E-state index contributed by atoms with van der Waals surface area (Å²) in [6.07, 6.45) is 0. The van der Waals surface area contributed by atoms with Gasteiger partial charge in [-0.2, -0.15) is 0 Å². The number of ether oxygens (including phenoxy) is 1. The molecule has 1 rings (SSSR count). The fourth-order valence-electron chi connectivity index (χ4n) is 1.23. The van der Waals surface area contributed by atoms with Crippen LogP contribution in [0.25, 0.3) is 0 Å². The predicted octanol–water partition coefficient (Wildman–Crippen LogP) is 1.80. The van der Waals surface area contributed by atoms with Gasteiger partial charge in [-0.1, -0.05) is 23.7 Å². The topological polar surface area (TPSA) is 47.3 Å². The maximum absolute atomic E-state index is 6.01. The second-order valence-electron chi connectivity index (χ2n) is 3.18. The minimum absolute atomic E-state index is 0.0156.